The standard InChI is InChI=1S/C11H24N2/c1-9(2)10-6-4-5-7-11(10,8-12)13-3/h9-10,13H,4-8,12H2,1-3H3. The minimum atomic E-state index is 0.229. The minimum Gasteiger partial charge on any atom is -0.329 e. The van der Waals surface area contributed by atoms with Crippen LogP contribution in [0.25, 0.3) is 0 Å². The molecule has 1 fully saturated rings. The van der Waals surface area contributed by atoms with Crippen LogP contribution >= 0.6 is 0 Å². The molecule has 0 amide bonds. The highest BCUT2D eigenvalue weighted by atomic mass is 15.0. The molecule has 0 bridgehead atoms. The molecule has 1 rings (SSSR count). The first kappa shape index (κ1) is 11.0. The Morgan fingerprint density at radius 2 is 2.15 bits per heavy atom. The van der Waals surface area contributed by atoms with E-state index in [0.29, 0.717) is 0 Å². The van der Waals surface area contributed by atoms with E-state index in [9.17, 15) is 0 Å². The summed E-state index contributed by atoms with van der Waals surface area (Å²) in [5, 5.41) is 3.47. The highest BCUT2D eigenvalue weighted by Crippen LogP contribution is 2.37. The van der Waals surface area contributed by atoms with Crippen molar-refractivity contribution in [2.24, 2.45) is 17.6 Å². The molecule has 1 aliphatic rings. The molecule has 0 radical (unpaired) electrons. The zero-order chi connectivity index (χ0) is 9.90. The van der Waals surface area contributed by atoms with Gasteiger partial charge in [-0.25, -0.2) is 0 Å². The molecule has 3 N–H and O–H groups in total. The largest absolute Gasteiger partial charge is 0.329 e. The lowest BCUT2D eigenvalue weighted by atomic mass is 9.68. The topological polar surface area (TPSA) is 38.0 Å². The van der Waals surface area contributed by atoms with Crippen molar-refractivity contribution in [1.29, 1.82) is 0 Å². The van der Waals surface area contributed by atoms with Crippen molar-refractivity contribution < 1.29 is 0 Å². The molecule has 0 aromatic rings. The maximum atomic E-state index is 5.91. The van der Waals surface area contributed by atoms with Gasteiger partial charge in [0.1, 0.15) is 0 Å². The van der Waals surface area contributed by atoms with Crippen LogP contribution in [-0.2, 0) is 0 Å². The summed E-state index contributed by atoms with van der Waals surface area (Å²) in [4.78, 5) is 0. The Balaban J connectivity index is 2.75. The highest BCUT2D eigenvalue weighted by Gasteiger charge is 2.39. The molecule has 1 aliphatic carbocycles. The average Bonchev–Trinajstić information content (AvgIpc) is 2.17. The van der Waals surface area contributed by atoms with Crippen molar-refractivity contribution in [1.82, 2.24) is 5.32 Å². The van der Waals surface area contributed by atoms with Crippen LogP contribution in [0.15, 0.2) is 0 Å². The number of likely N-dealkylation sites (N-methyl/N-ethyl adjacent to an activating group) is 1. The van der Waals surface area contributed by atoms with Crippen LogP contribution in [0.3, 0.4) is 0 Å². The molecule has 78 valence electrons. The third-order valence-electron chi connectivity index (χ3n) is 3.76. The normalized spacial score (nSPS) is 35.3. The van der Waals surface area contributed by atoms with E-state index in [1.165, 1.54) is 25.7 Å². The van der Waals surface area contributed by atoms with Gasteiger partial charge < -0.3 is 11.1 Å². The lowest BCUT2D eigenvalue weighted by molar-refractivity contribution is 0.117. The molecule has 2 atom stereocenters. The molecule has 0 aliphatic heterocycles. The SMILES string of the molecule is CNC1(CN)CCCCC1C(C)C. The minimum absolute atomic E-state index is 0.229. The van der Waals surface area contributed by atoms with Crippen molar-refractivity contribution in [2.45, 2.75) is 45.1 Å². The highest BCUT2D eigenvalue weighted by molar-refractivity contribution is 4.98. The molecule has 13 heavy (non-hydrogen) atoms. The Morgan fingerprint density at radius 3 is 2.54 bits per heavy atom. The van der Waals surface area contributed by atoms with Gasteiger partial charge in [-0.05, 0) is 31.7 Å². The quantitative estimate of drug-likeness (QED) is 0.701. The zero-order valence-corrected chi connectivity index (χ0v) is 9.27. The van der Waals surface area contributed by atoms with Gasteiger partial charge in [-0.3, -0.25) is 0 Å². The van der Waals surface area contributed by atoms with E-state index < -0.39 is 0 Å². The Bertz CT molecular complexity index is 150. The van der Waals surface area contributed by atoms with E-state index in [2.05, 4.69) is 26.2 Å². The molecule has 1 saturated carbocycles. The number of nitrogens with two attached hydrogens (primary N) is 1. The second kappa shape index (κ2) is 4.43. The number of hydrogen-bond acceptors (Lipinski definition) is 2. The van der Waals surface area contributed by atoms with Crippen molar-refractivity contribution in [3.63, 3.8) is 0 Å². The fraction of sp³-hybridized carbons (Fsp3) is 1.00. The number of nitrogens with one attached hydrogen (secondary N) is 1. The van der Waals surface area contributed by atoms with Crippen LogP contribution in [-0.4, -0.2) is 19.1 Å². The summed E-state index contributed by atoms with van der Waals surface area (Å²) in [6, 6.07) is 0. The Morgan fingerprint density at radius 1 is 1.46 bits per heavy atom. The van der Waals surface area contributed by atoms with Crippen LogP contribution in [0.2, 0.25) is 0 Å². The molecule has 0 aromatic heterocycles. The smallest absolute Gasteiger partial charge is 0.0332 e. The lowest BCUT2D eigenvalue weighted by Gasteiger charge is -2.45. The third-order valence-corrected chi connectivity index (χ3v) is 3.76. The summed E-state index contributed by atoms with van der Waals surface area (Å²) in [7, 11) is 2.06. The predicted octanol–water partition coefficient (Wildman–Crippen LogP) is 1.75. The van der Waals surface area contributed by atoms with E-state index in [1.54, 1.807) is 0 Å². The van der Waals surface area contributed by atoms with Crippen LogP contribution in [0.5, 0.6) is 0 Å². The van der Waals surface area contributed by atoms with E-state index in [1.807, 2.05) is 0 Å². The van der Waals surface area contributed by atoms with Gasteiger partial charge in [0.2, 0.25) is 0 Å². The van der Waals surface area contributed by atoms with Crippen LogP contribution < -0.4 is 11.1 Å². The fourth-order valence-electron chi connectivity index (χ4n) is 2.90. The van der Waals surface area contributed by atoms with Gasteiger partial charge in [-0.15, -0.1) is 0 Å². The van der Waals surface area contributed by atoms with E-state index >= 15 is 0 Å². The molecule has 2 nitrogen and oxygen atoms in total. The molecule has 0 saturated heterocycles. The third kappa shape index (κ3) is 2.05. The lowest BCUT2D eigenvalue weighted by Crippen LogP contribution is -2.58. The number of hydrogen-bond donors (Lipinski definition) is 2. The van der Waals surface area contributed by atoms with Gasteiger partial charge in [-0.1, -0.05) is 26.7 Å². The first-order chi connectivity index (χ1) is 6.16. The van der Waals surface area contributed by atoms with Gasteiger partial charge >= 0.3 is 0 Å². The van der Waals surface area contributed by atoms with Crippen molar-refractivity contribution in [2.75, 3.05) is 13.6 Å². The summed E-state index contributed by atoms with van der Waals surface area (Å²) in [6.07, 6.45) is 5.31. The van der Waals surface area contributed by atoms with Gasteiger partial charge in [-0.2, -0.15) is 0 Å². The van der Waals surface area contributed by atoms with E-state index in [4.69, 9.17) is 5.73 Å². The first-order valence-corrected chi connectivity index (χ1v) is 5.55. The van der Waals surface area contributed by atoms with Gasteiger partial charge in [0.05, 0.1) is 0 Å². The molecule has 2 heteroatoms. The predicted molar refractivity (Wildman–Crippen MR) is 57.6 cm³/mol. The fourth-order valence-corrected chi connectivity index (χ4v) is 2.90. The summed E-state index contributed by atoms with van der Waals surface area (Å²) < 4.78 is 0. The monoisotopic (exact) mass is 184 g/mol. The molecule has 0 heterocycles. The van der Waals surface area contributed by atoms with Gasteiger partial charge in [0.15, 0.2) is 0 Å². The van der Waals surface area contributed by atoms with Gasteiger partial charge in [0, 0.05) is 12.1 Å². The maximum Gasteiger partial charge on any atom is 0.0332 e. The summed E-state index contributed by atoms with van der Waals surface area (Å²) >= 11 is 0. The Labute approximate surface area is 82.3 Å². The molecule has 2 unspecified atom stereocenters. The number of rotatable bonds is 3. The molecular weight excluding hydrogens is 160 g/mol. The molecule has 0 aromatic carbocycles. The van der Waals surface area contributed by atoms with Crippen molar-refractivity contribution in [3.05, 3.63) is 0 Å². The summed E-state index contributed by atoms with van der Waals surface area (Å²) in [6.45, 7) is 5.42. The zero-order valence-electron chi connectivity index (χ0n) is 9.27. The van der Waals surface area contributed by atoms with E-state index in [-0.39, 0.29) is 5.54 Å². The van der Waals surface area contributed by atoms with Crippen LogP contribution in [0.4, 0.5) is 0 Å². The second-order valence-corrected chi connectivity index (χ2v) is 4.71. The van der Waals surface area contributed by atoms with Crippen LogP contribution in [0, 0.1) is 11.8 Å². The van der Waals surface area contributed by atoms with Crippen molar-refractivity contribution >= 4 is 0 Å². The first-order valence-electron chi connectivity index (χ1n) is 5.55. The van der Waals surface area contributed by atoms with Crippen molar-refractivity contribution in [3.8, 4) is 0 Å². The van der Waals surface area contributed by atoms with Crippen LogP contribution in [0.1, 0.15) is 39.5 Å². The van der Waals surface area contributed by atoms with Gasteiger partial charge in [0.25, 0.3) is 0 Å². The average molecular weight is 184 g/mol. The Kier molecular flexibility index (Phi) is 3.74. The van der Waals surface area contributed by atoms with E-state index in [0.717, 1.165) is 18.4 Å². The molecule has 0 spiro atoms. The second-order valence-electron chi connectivity index (χ2n) is 4.71. The maximum absolute atomic E-state index is 5.91. The summed E-state index contributed by atoms with van der Waals surface area (Å²) in [5.41, 5.74) is 6.14. The Hall–Kier alpha value is -0.0800. The molecular formula is C11H24N2. The summed E-state index contributed by atoms with van der Waals surface area (Å²) in [5.74, 6) is 1.51.